The van der Waals surface area contributed by atoms with Crippen LogP contribution >= 0.6 is 11.6 Å². The Morgan fingerprint density at radius 2 is 2.03 bits per heavy atom. The first-order valence-electron chi connectivity index (χ1n) is 10.8. The van der Waals surface area contributed by atoms with Gasteiger partial charge in [-0.05, 0) is 45.2 Å². The number of hydrogen-bond acceptors (Lipinski definition) is 6. The van der Waals surface area contributed by atoms with Crippen molar-refractivity contribution in [2.45, 2.75) is 58.0 Å². The van der Waals surface area contributed by atoms with Gasteiger partial charge < -0.3 is 24.4 Å². The van der Waals surface area contributed by atoms with Crippen LogP contribution in [0.25, 0.3) is 0 Å². The number of hydrogen-bond donors (Lipinski definition) is 2. The molecule has 1 saturated heterocycles. The zero-order chi connectivity index (χ0) is 23.3. The van der Waals surface area contributed by atoms with E-state index in [1.807, 2.05) is 45.0 Å². The molecule has 2 heterocycles. The number of anilines is 1. The van der Waals surface area contributed by atoms with Gasteiger partial charge in [-0.15, -0.1) is 0 Å². The van der Waals surface area contributed by atoms with Crippen molar-refractivity contribution in [2.24, 2.45) is 0 Å². The van der Waals surface area contributed by atoms with Gasteiger partial charge in [-0.1, -0.05) is 29.8 Å². The minimum absolute atomic E-state index is 0.0286. The predicted molar refractivity (Wildman–Crippen MR) is 124 cm³/mol. The molecule has 0 aliphatic carbocycles. The Bertz CT molecular complexity index is 908. The van der Waals surface area contributed by atoms with Gasteiger partial charge in [0.2, 0.25) is 6.29 Å². The van der Waals surface area contributed by atoms with E-state index in [4.69, 9.17) is 25.8 Å². The molecule has 0 radical (unpaired) electrons. The lowest BCUT2D eigenvalue weighted by Crippen LogP contribution is -2.49. The van der Waals surface area contributed by atoms with Gasteiger partial charge in [-0.25, -0.2) is 4.79 Å². The van der Waals surface area contributed by atoms with Gasteiger partial charge in [-0.3, -0.25) is 5.10 Å². The molecule has 1 aromatic carbocycles. The van der Waals surface area contributed by atoms with Crippen molar-refractivity contribution in [3.05, 3.63) is 46.1 Å². The van der Waals surface area contributed by atoms with Gasteiger partial charge >= 0.3 is 6.09 Å². The molecule has 1 aromatic heterocycles. The van der Waals surface area contributed by atoms with Crippen molar-refractivity contribution >= 4 is 23.5 Å². The fourth-order valence-corrected chi connectivity index (χ4v) is 4.13. The number of halogens is 1. The van der Waals surface area contributed by atoms with Crippen molar-refractivity contribution in [1.82, 2.24) is 15.5 Å². The van der Waals surface area contributed by atoms with E-state index in [2.05, 4.69) is 20.4 Å². The first-order valence-corrected chi connectivity index (χ1v) is 11.2. The average molecular weight is 465 g/mol. The summed E-state index contributed by atoms with van der Waals surface area (Å²) >= 11 is 6.44. The standard InChI is InChI=1S/C23H33ClN4O4/c1-23(2,3)32-22(29)25-16-10-8-12-28(14-16)20-17(13-15-9-6-7-11-18(15)24)19(26-27-20)21(30-4)31-5/h6-7,9,11,16,21H,8,10,12-14H2,1-5H3,(H,25,29)(H,26,27)/t16-/m1/s1. The van der Waals surface area contributed by atoms with Crippen molar-refractivity contribution in [2.75, 3.05) is 32.2 Å². The topological polar surface area (TPSA) is 88.7 Å². The predicted octanol–water partition coefficient (Wildman–Crippen LogP) is 4.44. The summed E-state index contributed by atoms with van der Waals surface area (Å²) in [5.41, 5.74) is 2.11. The van der Waals surface area contributed by atoms with Gasteiger partial charge in [0.1, 0.15) is 17.1 Å². The van der Waals surface area contributed by atoms with Crippen molar-refractivity contribution in [3.63, 3.8) is 0 Å². The van der Waals surface area contributed by atoms with Gasteiger partial charge in [0.15, 0.2) is 0 Å². The van der Waals surface area contributed by atoms with Crippen molar-refractivity contribution in [1.29, 1.82) is 0 Å². The molecule has 0 unspecified atom stereocenters. The fraction of sp³-hybridized carbons (Fsp3) is 0.565. The maximum absolute atomic E-state index is 12.3. The first-order chi connectivity index (χ1) is 15.2. The summed E-state index contributed by atoms with van der Waals surface area (Å²) in [6.45, 7) is 7.05. The third-order valence-electron chi connectivity index (χ3n) is 5.31. The van der Waals surface area contributed by atoms with Gasteiger partial charge in [0, 0.05) is 50.4 Å². The van der Waals surface area contributed by atoms with E-state index in [0.29, 0.717) is 23.7 Å². The Balaban J connectivity index is 1.84. The number of methoxy groups -OCH3 is 2. The Hall–Kier alpha value is -2.29. The Kier molecular flexibility index (Phi) is 8.03. The molecule has 9 heteroatoms. The van der Waals surface area contributed by atoms with Gasteiger partial charge in [0.25, 0.3) is 0 Å². The molecule has 1 aliphatic rings. The number of nitrogens with zero attached hydrogens (tertiary/aromatic N) is 2. The largest absolute Gasteiger partial charge is 0.444 e. The lowest BCUT2D eigenvalue weighted by molar-refractivity contribution is -0.109. The summed E-state index contributed by atoms with van der Waals surface area (Å²) in [6.07, 6.45) is 1.39. The van der Waals surface area contributed by atoms with E-state index in [-0.39, 0.29) is 6.04 Å². The van der Waals surface area contributed by atoms with Gasteiger partial charge in [-0.2, -0.15) is 5.10 Å². The van der Waals surface area contributed by atoms with Crippen LogP contribution in [0.1, 0.15) is 56.7 Å². The minimum atomic E-state index is -0.599. The second-order valence-corrected chi connectivity index (χ2v) is 9.35. The Labute approximate surface area is 194 Å². The smallest absolute Gasteiger partial charge is 0.407 e. The second-order valence-electron chi connectivity index (χ2n) is 8.94. The third-order valence-corrected chi connectivity index (χ3v) is 5.68. The van der Waals surface area contributed by atoms with Crippen LogP contribution in [0.4, 0.5) is 10.6 Å². The number of benzene rings is 1. The number of nitrogens with one attached hydrogen (secondary N) is 2. The highest BCUT2D eigenvalue weighted by Gasteiger charge is 2.29. The molecule has 0 saturated carbocycles. The van der Waals surface area contributed by atoms with E-state index in [0.717, 1.165) is 36.3 Å². The minimum Gasteiger partial charge on any atom is -0.444 e. The number of aromatic nitrogens is 2. The lowest BCUT2D eigenvalue weighted by atomic mass is 10.0. The van der Waals surface area contributed by atoms with E-state index in [1.165, 1.54) is 0 Å². The van der Waals surface area contributed by atoms with Crippen LogP contribution in [0.15, 0.2) is 24.3 Å². The summed E-state index contributed by atoms with van der Waals surface area (Å²) < 4.78 is 16.4. The number of aromatic amines is 1. The van der Waals surface area contributed by atoms with E-state index >= 15 is 0 Å². The van der Waals surface area contributed by atoms with Crippen LogP contribution < -0.4 is 10.2 Å². The van der Waals surface area contributed by atoms with Crippen molar-refractivity contribution in [3.8, 4) is 0 Å². The third kappa shape index (κ3) is 6.15. The molecule has 2 aromatic rings. The molecule has 0 bridgehead atoms. The molecule has 0 spiro atoms. The summed E-state index contributed by atoms with van der Waals surface area (Å²) in [7, 11) is 3.17. The molecule has 2 N–H and O–H groups in total. The van der Waals surface area contributed by atoms with E-state index in [1.54, 1.807) is 14.2 Å². The van der Waals surface area contributed by atoms with E-state index in [9.17, 15) is 4.79 Å². The molecular weight excluding hydrogens is 432 g/mol. The van der Waals surface area contributed by atoms with Gasteiger partial charge in [0.05, 0.1) is 0 Å². The SMILES string of the molecule is COC(OC)c1n[nH]c(N2CCC[C@@H](NC(=O)OC(C)(C)C)C2)c1Cc1ccccc1Cl. The second kappa shape index (κ2) is 10.6. The number of H-pyrrole nitrogens is 1. The number of carbonyl (C=O) groups is 1. The highest BCUT2D eigenvalue weighted by atomic mass is 35.5. The average Bonchev–Trinajstić information content (AvgIpc) is 3.13. The molecule has 1 aliphatic heterocycles. The van der Waals surface area contributed by atoms with Crippen LogP contribution in [-0.4, -0.2) is 55.2 Å². The molecule has 1 amide bonds. The van der Waals surface area contributed by atoms with Crippen LogP contribution in [0.3, 0.4) is 0 Å². The normalized spacial score (nSPS) is 17.0. The number of carbonyl (C=O) groups excluding carboxylic acids is 1. The number of alkyl carbamates (subject to hydrolysis) is 1. The van der Waals surface area contributed by atoms with Crippen LogP contribution in [0.5, 0.6) is 0 Å². The summed E-state index contributed by atoms with van der Waals surface area (Å²) in [5.74, 6) is 0.884. The lowest BCUT2D eigenvalue weighted by Gasteiger charge is -2.34. The van der Waals surface area contributed by atoms with Crippen LogP contribution in [0.2, 0.25) is 5.02 Å². The van der Waals surface area contributed by atoms with Crippen LogP contribution in [0, 0.1) is 0 Å². The molecule has 3 rings (SSSR count). The zero-order valence-electron chi connectivity index (χ0n) is 19.4. The number of rotatable bonds is 7. The number of amides is 1. The molecule has 1 atom stereocenters. The molecule has 176 valence electrons. The molecule has 1 fully saturated rings. The Morgan fingerprint density at radius 1 is 1.31 bits per heavy atom. The highest BCUT2D eigenvalue weighted by Crippen LogP contribution is 2.32. The zero-order valence-corrected chi connectivity index (χ0v) is 20.2. The maximum atomic E-state index is 12.3. The first kappa shape index (κ1) is 24.4. The highest BCUT2D eigenvalue weighted by molar-refractivity contribution is 6.31. The Morgan fingerprint density at radius 3 is 2.69 bits per heavy atom. The number of piperidine rings is 1. The van der Waals surface area contributed by atoms with E-state index < -0.39 is 18.0 Å². The quantitative estimate of drug-likeness (QED) is 0.589. The molecular formula is C23H33ClN4O4. The monoisotopic (exact) mass is 464 g/mol. The van der Waals surface area contributed by atoms with Crippen molar-refractivity contribution < 1.29 is 19.0 Å². The number of ether oxygens (including phenoxy) is 3. The molecule has 8 nitrogen and oxygen atoms in total. The summed E-state index contributed by atoms with van der Waals surface area (Å²) in [5, 5.41) is 11.4. The summed E-state index contributed by atoms with van der Waals surface area (Å²) in [4.78, 5) is 14.5. The van der Waals surface area contributed by atoms with Crippen LogP contribution in [-0.2, 0) is 20.6 Å². The molecule has 32 heavy (non-hydrogen) atoms. The summed E-state index contributed by atoms with van der Waals surface area (Å²) in [6, 6.07) is 7.72. The maximum Gasteiger partial charge on any atom is 0.407 e. The fourth-order valence-electron chi connectivity index (χ4n) is 3.92.